The fourth-order valence-corrected chi connectivity index (χ4v) is 3.15. The third-order valence-electron chi connectivity index (χ3n) is 4.18. The van der Waals surface area contributed by atoms with E-state index in [1.807, 2.05) is 0 Å². The van der Waals surface area contributed by atoms with Gasteiger partial charge in [-0.1, -0.05) is 13.3 Å². The first-order valence-electron chi connectivity index (χ1n) is 6.07. The first-order chi connectivity index (χ1) is 6.74. The van der Waals surface area contributed by atoms with Crippen LogP contribution in [0.25, 0.3) is 0 Å². The second-order valence-electron chi connectivity index (χ2n) is 5.47. The van der Waals surface area contributed by atoms with Gasteiger partial charge in [0.15, 0.2) is 0 Å². The summed E-state index contributed by atoms with van der Waals surface area (Å²) >= 11 is 4.52. The average molecular weight is 213 g/mol. The lowest BCUT2D eigenvalue weighted by atomic mass is 9.69. The molecule has 0 aromatic heterocycles. The first kappa shape index (κ1) is 10.8. The fourth-order valence-electron chi connectivity index (χ4n) is 2.74. The Morgan fingerprint density at radius 3 is 2.36 bits per heavy atom. The van der Waals surface area contributed by atoms with E-state index in [4.69, 9.17) is 0 Å². The number of nitrogens with zero attached hydrogens (tertiary/aromatic N) is 1. The number of rotatable bonds is 3. The molecule has 0 unspecified atom stereocenters. The van der Waals surface area contributed by atoms with Crippen LogP contribution in [-0.4, -0.2) is 30.3 Å². The quantitative estimate of drug-likeness (QED) is 0.706. The molecule has 0 radical (unpaired) electrons. The van der Waals surface area contributed by atoms with Gasteiger partial charge in [0.1, 0.15) is 0 Å². The number of hydrogen-bond donors (Lipinski definition) is 1. The number of hydrogen-bond acceptors (Lipinski definition) is 2. The molecule has 14 heavy (non-hydrogen) atoms. The lowest BCUT2D eigenvalue weighted by molar-refractivity contribution is 0.0699. The van der Waals surface area contributed by atoms with Crippen molar-refractivity contribution >= 4 is 12.6 Å². The maximum absolute atomic E-state index is 4.52. The zero-order valence-corrected chi connectivity index (χ0v) is 10.2. The van der Waals surface area contributed by atoms with Crippen molar-refractivity contribution in [2.75, 3.05) is 25.4 Å². The lowest BCUT2D eigenvalue weighted by Crippen LogP contribution is -2.46. The molecule has 0 aromatic rings. The van der Waals surface area contributed by atoms with Crippen LogP contribution in [0.1, 0.15) is 39.0 Å². The van der Waals surface area contributed by atoms with Crippen LogP contribution in [0.3, 0.4) is 0 Å². The molecule has 2 rings (SSSR count). The third-order valence-corrected chi connectivity index (χ3v) is 4.86. The molecule has 1 aliphatic carbocycles. The molecule has 2 aliphatic rings. The van der Waals surface area contributed by atoms with Gasteiger partial charge in [-0.15, -0.1) is 0 Å². The van der Waals surface area contributed by atoms with Crippen LogP contribution < -0.4 is 0 Å². The normalized spacial score (nSPS) is 28.7. The predicted molar refractivity (Wildman–Crippen MR) is 65.0 cm³/mol. The highest BCUT2D eigenvalue weighted by Gasteiger charge is 2.37. The second kappa shape index (κ2) is 4.44. The summed E-state index contributed by atoms with van der Waals surface area (Å²) in [7, 11) is 0. The standard InChI is InChI=1S/C12H23NS/c1-11-3-7-13(8-4-11)9-12(10-14)5-2-6-12/h11,14H,2-10H2,1H3. The zero-order valence-electron chi connectivity index (χ0n) is 9.34. The third kappa shape index (κ3) is 2.27. The second-order valence-corrected chi connectivity index (χ2v) is 5.79. The van der Waals surface area contributed by atoms with Crippen LogP contribution in [0.2, 0.25) is 0 Å². The maximum Gasteiger partial charge on any atom is 0.00458 e. The lowest BCUT2D eigenvalue weighted by Gasteiger charge is -2.45. The van der Waals surface area contributed by atoms with Crippen molar-refractivity contribution < 1.29 is 0 Å². The molecule has 2 heteroatoms. The highest BCUT2D eigenvalue weighted by molar-refractivity contribution is 7.80. The minimum absolute atomic E-state index is 0.601. The summed E-state index contributed by atoms with van der Waals surface area (Å²) in [6, 6.07) is 0. The van der Waals surface area contributed by atoms with Gasteiger partial charge in [-0.3, -0.25) is 0 Å². The summed E-state index contributed by atoms with van der Waals surface area (Å²) in [5, 5.41) is 0. The van der Waals surface area contributed by atoms with Crippen molar-refractivity contribution in [2.24, 2.45) is 11.3 Å². The largest absolute Gasteiger partial charge is 0.303 e. The van der Waals surface area contributed by atoms with E-state index in [0.29, 0.717) is 5.41 Å². The Balaban J connectivity index is 1.79. The highest BCUT2D eigenvalue weighted by Crippen LogP contribution is 2.42. The molecule has 0 atom stereocenters. The molecule has 1 nitrogen and oxygen atoms in total. The predicted octanol–water partition coefficient (Wildman–Crippen LogP) is 2.82. The average Bonchev–Trinajstić information content (AvgIpc) is 2.15. The SMILES string of the molecule is CC1CCN(CC2(CS)CCC2)CC1. The summed E-state index contributed by atoms with van der Waals surface area (Å²) in [5.74, 6) is 2.05. The van der Waals surface area contributed by atoms with E-state index in [9.17, 15) is 0 Å². The van der Waals surface area contributed by atoms with Crippen LogP contribution in [0.15, 0.2) is 0 Å². The zero-order chi connectivity index (χ0) is 10.0. The van der Waals surface area contributed by atoms with E-state index in [0.717, 1.165) is 11.7 Å². The van der Waals surface area contributed by atoms with Crippen molar-refractivity contribution in [3.63, 3.8) is 0 Å². The van der Waals surface area contributed by atoms with Gasteiger partial charge < -0.3 is 4.90 Å². The van der Waals surface area contributed by atoms with E-state index in [-0.39, 0.29) is 0 Å². The van der Waals surface area contributed by atoms with Gasteiger partial charge in [-0.2, -0.15) is 12.6 Å². The number of thiol groups is 1. The van der Waals surface area contributed by atoms with E-state index < -0.39 is 0 Å². The molecule has 0 bridgehead atoms. The van der Waals surface area contributed by atoms with Gasteiger partial charge in [0, 0.05) is 6.54 Å². The molecule has 0 amide bonds. The van der Waals surface area contributed by atoms with Crippen molar-refractivity contribution in [1.82, 2.24) is 4.90 Å². The van der Waals surface area contributed by atoms with E-state index >= 15 is 0 Å². The molecule has 82 valence electrons. The van der Waals surface area contributed by atoms with Crippen molar-refractivity contribution in [1.29, 1.82) is 0 Å². The topological polar surface area (TPSA) is 3.24 Å². The van der Waals surface area contributed by atoms with E-state index in [1.165, 1.54) is 51.7 Å². The molecule has 1 heterocycles. The summed E-state index contributed by atoms with van der Waals surface area (Å²) in [6.45, 7) is 6.37. The first-order valence-corrected chi connectivity index (χ1v) is 6.71. The van der Waals surface area contributed by atoms with Crippen LogP contribution in [-0.2, 0) is 0 Å². The Morgan fingerprint density at radius 1 is 1.29 bits per heavy atom. The molecule has 1 saturated heterocycles. The van der Waals surface area contributed by atoms with Crippen LogP contribution in [0.5, 0.6) is 0 Å². The number of likely N-dealkylation sites (tertiary alicyclic amines) is 1. The Kier molecular flexibility index (Phi) is 3.43. The van der Waals surface area contributed by atoms with Crippen molar-refractivity contribution in [3.8, 4) is 0 Å². The maximum atomic E-state index is 4.52. The Morgan fingerprint density at radius 2 is 1.93 bits per heavy atom. The molecule has 0 aromatic carbocycles. The molecule has 2 fully saturated rings. The summed E-state index contributed by atoms with van der Waals surface area (Å²) < 4.78 is 0. The summed E-state index contributed by atoms with van der Waals surface area (Å²) in [4.78, 5) is 2.68. The van der Waals surface area contributed by atoms with Crippen molar-refractivity contribution in [2.45, 2.75) is 39.0 Å². The molecule has 1 saturated carbocycles. The van der Waals surface area contributed by atoms with Crippen LogP contribution in [0, 0.1) is 11.3 Å². The van der Waals surface area contributed by atoms with Gasteiger partial charge in [0.25, 0.3) is 0 Å². The Hall–Kier alpha value is 0.310. The smallest absolute Gasteiger partial charge is 0.00458 e. The monoisotopic (exact) mass is 213 g/mol. The number of piperidine rings is 1. The van der Waals surface area contributed by atoms with Gasteiger partial charge in [-0.05, 0) is 55.9 Å². The van der Waals surface area contributed by atoms with Gasteiger partial charge in [0.05, 0.1) is 0 Å². The molecule has 0 spiro atoms. The minimum atomic E-state index is 0.601. The summed E-state index contributed by atoms with van der Waals surface area (Å²) in [5.41, 5.74) is 0.601. The molecule has 0 N–H and O–H groups in total. The molecular weight excluding hydrogens is 190 g/mol. The van der Waals surface area contributed by atoms with Crippen LogP contribution in [0.4, 0.5) is 0 Å². The summed E-state index contributed by atoms with van der Waals surface area (Å²) in [6.07, 6.45) is 7.08. The van der Waals surface area contributed by atoms with E-state index in [2.05, 4.69) is 24.5 Å². The van der Waals surface area contributed by atoms with E-state index in [1.54, 1.807) is 0 Å². The minimum Gasteiger partial charge on any atom is -0.303 e. The highest BCUT2D eigenvalue weighted by atomic mass is 32.1. The fraction of sp³-hybridized carbons (Fsp3) is 1.00. The van der Waals surface area contributed by atoms with Gasteiger partial charge in [-0.25, -0.2) is 0 Å². The molecular formula is C12H23NS. The Bertz CT molecular complexity index is 175. The van der Waals surface area contributed by atoms with Gasteiger partial charge in [0.2, 0.25) is 0 Å². The van der Waals surface area contributed by atoms with Gasteiger partial charge >= 0.3 is 0 Å². The Labute approximate surface area is 93.7 Å². The van der Waals surface area contributed by atoms with Crippen LogP contribution >= 0.6 is 12.6 Å². The van der Waals surface area contributed by atoms with Crippen molar-refractivity contribution in [3.05, 3.63) is 0 Å². The molecule has 1 aliphatic heterocycles.